The van der Waals surface area contributed by atoms with Gasteiger partial charge in [-0.2, -0.15) is 0 Å². The first-order valence-corrected chi connectivity index (χ1v) is 25.2. The Labute approximate surface area is 360 Å². The van der Waals surface area contributed by atoms with E-state index in [9.17, 15) is 19.8 Å². The highest BCUT2D eigenvalue weighted by atomic mass is 16.5. The number of unbranched alkanes of at least 4 members (excludes halogenated alkanes) is 29. The topological polar surface area (TPSA) is 95.9 Å². The van der Waals surface area contributed by atoms with E-state index in [1.807, 2.05) is 0 Å². The summed E-state index contributed by atoms with van der Waals surface area (Å²) in [6, 6.07) is -0.580. The molecule has 0 aromatic heterocycles. The molecule has 0 aliphatic heterocycles. The summed E-state index contributed by atoms with van der Waals surface area (Å²) in [4.78, 5) is 24.4. The van der Waals surface area contributed by atoms with Crippen LogP contribution >= 0.6 is 0 Å². The number of amides is 1. The van der Waals surface area contributed by atoms with Gasteiger partial charge in [0.2, 0.25) is 5.91 Å². The smallest absolute Gasteiger partial charge is 0.305 e. The van der Waals surface area contributed by atoms with Crippen LogP contribution in [0.15, 0.2) is 36.5 Å². The van der Waals surface area contributed by atoms with Crippen molar-refractivity contribution >= 4 is 11.9 Å². The summed E-state index contributed by atoms with van der Waals surface area (Å²) in [6.07, 6.45) is 56.8. The summed E-state index contributed by atoms with van der Waals surface area (Å²) < 4.78 is 5.43. The molecule has 3 N–H and O–H groups in total. The first-order valence-electron chi connectivity index (χ1n) is 25.2. The standard InChI is InChI=1S/C52H97NO5/c1-3-5-7-9-11-13-15-17-19-20-22-23-25-28-32-36-40-44-50(55)49(48-54)53-51(56)45-41-37-33-29-27-31-35-39-43-47-58-52(57)46-42-38-34-30-26-24-21-18-16-14-12-10-8-6-4-2/h12,14,18,21,29,33,49-50,54-55H,3-11,13,15-17,19-20,22-28,30-32,34-48H2,1-2H3,(H,53,56)/b14-12-,21-18-,33-29-. The van der Waals surface area contributed by atoms with E-state index < -0.39 is 12.1 Å². The van der Waals surface area contributed by atoms with Crippen molar-refractivity contribution in [2.75, 3.05) is 13.2 Å². The zero-order chi connectivity index (χ0) is 42.3. The number of aliphatic hydroxyl groups excluding tert-OH is 2. The zero-order valence-electron chi connectivity index (χ0n) is 38.5. The number of esters is 1. The summed E-state index contributed by atoms with van der Waals surface area (Å²) >= 11 is 0. The third-order valence-electron chi connectivity index (χ3n) is 11.4. The van der Waals surface area contributed by atoms with Gasteiger partial charge in [0.15, 0.2) is 0 Å². The quantitative estimate of drug-likeness (QED) is 0.0323. The largest absolute Gasteiger partial charge is 0.466 e. The van der Waals surface area contributed by atoms with E-state index in [4.69, 9.17) is 4.74 Å². The van der Waals surface area contributed by atoms with Crippen LogP contribution in [0.1, 0.15) is 258 Å². The molecule has 0 spiro atoms. The van der Waals surface area contributed by atoms with Crippen LogP contribution in [0.3, 0.4) is 0 Å². The molecule has 0 rings (SSSR count). The van der Waals surface area contributed by atoms with Crippen LogP contribution in [0, 0.1) is 0 Å². The lowest BCUT2D eigenvalue weighted by Gasteiger charge is -2.22. The second kappa shape index (κ2) is 47.8. The van der Waals surface area contributed by atoms with Gasteiger partial charge in [-0.3, -0.25) is 9.59 Å². The van der Waals surface area contributed by atoms with Crippen molar-refractivity contribution in [1.29, 1.82) is 0 Å². The maximum absolute atomic E-state index is 12.4. The van der Waals surface area contributed by atoms with E-state index in [2.05, 4.69) is 55.6 Å². The Morgan fingerprint density at radius 2 is 0.879 bits per heavy atom. The van der Waals surface area contributed by atoms with Crippen molar-refractivity contribution in [1.82, 2.24) is 5.32 Å². The van der Waals surface area contributed by atoms with Crippen LogP contribution in [0.5, 0.6) is 0 Å². The number of hydrogen-bond donors (Lipinski definition) is 3. The number of aliphatic hydroxyl groups is 2. The minimum atomic E-state index is -0.696. The van der Waals surface area contributed by atoms with Crippen LogP contribution in [-0.4, -0.2) is 47.4 Å². The van der Waals surface area contributed by atoms with Crippen molar-refractivity contribution in [3.8, 4) is 0 Å². The second-order valence-corrected chi connectivity index (χ2v) is 17.1. The van der Waals surface area contributed by atoms with E-state index in [0.29, 0.717) is 25.9 Å². The van der Waals surface area contributed by atoms with E-state index in [0.717, 1.165) is 83.5 Å². The van der Waals surface area contributed by atoms with Gasteiger partial charge in [-0.25, -0.2) is 0 Å². The van der Waals surface area contributed by atoms with Crippen LogP contribution in [0.4, 0.5) is 0 Å². The van der Waals surface area contributed by atoms with Gasteiger partial charge in [0.05, 0.1) is 25.4 Å². The third kappa shape index (κ3) is 43.7. The van der Waals surface area contributed by atoms with E-state index in [1.54, 1.807) is 0 Å². The lowest BCUT2D eigenvalue weighted by molar-refractivity contribution is -0.143. The molecule has 0 saturated carbocycles. The van der Waals surface area contributed by atoms with Gasteiger partial charge in [-0.15, -0.1) is 0 Å². The van der Waals surface area contributed by atoms with Crippen molar-refractivity contribution in [2.24, 2.45) is 0 Å². The number of hydrogen-bond acceptors (Lipinski definition) is 5. The molecule has 6 nitrogen and oxygen atoms in total. The SMILES string of the molecule is CCCCC/C=C\C/C=C\CCCCCCCC(=O)OCCCCCC/C=C\CCCC(=O)NC(CO)C(O)CCCCCCCCCCCCCCCCCCC. The van der Waals surface area contributed by atoms with Crippen LogP contribution in [0.2, 0.25) is 0 Å². The van der Waals surface area contributed by atoms with E-state index in [1.165, 1.54) is 141 Å². The average molecular weight is 816 g/mol. The van der Waals surface area contributed by atoms with E-state index >= 15 is 0 Å². The number of carbonyl (C=O) groups excluding carboxylic acids is 2. The molecule has 0 bridgehead atoms. The first-order chi connectivity index (χ1) is 28.5. The monoisotopic (exact) mass is 816 g/mol. The molecule has 0 aromatic rings. The summed E-state index contributed by atoms with van der Waals surface area (Å²) in [6.45, 7) is 4.83. The molecule has 6 heteroatoms. The molecule has 340 valence electrons. The van der Waals surface area contributed by atoms with Crippen molar-refractivity contribution < 1.29 is 24.5 Å². The number of carbonyl (C=O) groups is 2. The van der Waals surface area contributed by atoms with Crippen LogP contribution < -0.4 is 5.32 Å². The molecule has 1 amide bonds. The highest BCUT2D eigenvalue weighted by Crippen LogP contribution is 2.16. The van der Waals surface area contributed by atoms with Gasteiger partial charge in [0.1, 0.15) is 0 Å². The summed E-state index contributed by atoms with van der Waals surface area (Å²) in [7, 11) is 0. The lowest BCUT2D eigenvalue weighted by Crippen LogP contribution is -2.45. The van der Waals surface area contributed by atoms with Gasteiger partial charge >= 0.3 is 5.97 Å². The Balaban J connectivity index is 3.56. The molecule has 58 heavy (non-hydrogen) atoms. The number of allylic oxidation sites excluding steroid dienone is 6. The van der Waals surface area contributed by atoms with E-state index in [-0.39, 0.29) is 18.5 Å². The fraction of sp³-hybridized carbons (Fsp3) is 0.846. The van der Waals surface area contributed by atoms with Gasteiger partial charge < -0.3 is 20.3 Å². The predicted molar refractivity (Wildman–Crippen MR) is 250 cm³/mol. The predicted octanol–water partition coefficient (Wildman–Crippen LogP) is 14.9. The molecule has 0 fully saturated rings. The lowest BCUT2D eigenvalue weighted by atomic mass is 10.0. The van der Waals surface area contributed by atoms with Crippen molar-refractivity contribution in [3.05, 3.63) is 36.5 Å². The minimum absolute atomic E-state index is 0.0499. The molecule has 2 atom stereocenters. The highest BCUT2D eigenvalue weighted by molar-refractivity contribution is 5.76. The fourth-order valence-corrected chi connectivity index (χ4v) is 7.49. The minimum Gasteiger partial charge on any atom is -0.466 e. The number of rotatable bonds is 46. The molecular weight excluding hydrogens is 719 g/mol. The molecule has 0 aliphatic carbocycles. The molecule has 0 aromatic carbocycles. The molecule has 2 unspecified atom stereocenters. The Morgan fingerprint density at radius 1 is 0.483 bits per heavy atom. The van der Waals surface area contributed by atoms with Gasteiger partial charge in [0, 0.05) is 12.8 Å². The normalized spacial score (nSPS) is 13.0. The summed E-state index contributed by atoms with van der Waals surface area (Å²) in [5.74, 6) is -0.147. The highest BCUT2D eigenvalue weighted by Gasteiger charge is 2.20. The molecule has 0 heterocycles. The first kappa shape index (κ1) is 56.1. The maximum atomic E-state index is 12.4. The summed E-state index contributed by atoms with van der Waals surface area (Å²) in [5.41, 5.74) is 0. The maximum Gasteiger partial charge on any atom is 0.305 e. The fourth-order valence-electron chi connectivity index (χ4n) is 7.49. The molecule has 0 aliphatic rings. The Kier molecular flexibility index (Phi) is 46.2. The Morgan fingerprint density at radius 3 is 1.40 bits per heavy atom. The van der Waals surface area contributed by atoms with Crippen LogP contribution in [-0.2, 0) is 14.3 Å². The van der Waals surface area contributed by atoms with Crippen molar-refractivity contribution in [2.45, 2.75) is 270 Å². The molecule has 0 saturated heterocycles. The number of nitrogens with one attached hydrogen (secondary N) is 1. The summed E-state index contributed by atoms with van der Waals surface area (Å²) in [5, 5.41) is 23.2. The Hall–Kier alpha value is -1.92. The number of ether oxygens (including phenoxy) is 1. The van der Waals surface area contributed by atoms with Crippen LogP contribution in [0.25, 0.3) is 0 Å². The zero-order valence-corrected chi connectivity index (χ0v) is 38.5. The molecule has 0 radical (unpaired) electrons. The average Bonchev–Trinajstić information content (AvgIpc) is 3.22. The van der Waals surface area contributed by atoms with Gasteiger partial charge in [-0.05, 0) is 77.0 Å². The molecular formula is C52H97NO5. The third-order valence-corrected chi connectivity index (χ3v) is 11.4. The van der Waals surface area contributed by atoms with Gasteiger partial charge in [0.25, 0.3) is 0 Å². The second-order valence-electron chi connectivity index (χ2n) is 17.1. The van der Waals surface area contributed by atoms with Crippen molar-refractivity contribution in [3.63, 3.8) is 0 Å². The van der Waals surface area contributed by atoms with Gasteiger partial charge in [-0.1, -0.05) is 204 Å². The Bertz CT molecular complexity index is 946.